The molecule has 0 amide bonds. The number of rotatable bonds is 7. The zero-order valence-electron chi connectivity index (χ0n) is 12.5. The molecule has 0 spiro atoms. The lowest BCUT2D eigenvalue weighted by molar-refractivity contribution is 0.288. The third-order valence-electron chi connectivity index (χ3n) is 2.74. The van der Waals surface area contributed by atoms with Gasteiger partial charge >= 0.3 is 0 Å². The highest BCUT2D eigenvalue weighted by Gasteiger charge is 2.07. The van der Waals surface area contributed by atoms with E-state index in [0.717, 1.165) is 17.3 Å². The fourth-order valence-corrected chi connectivity index (χ4v) is 1.84. The van der Waals surface area contributed by atoms with Gasteiger partial charge in [0.15, 0.2) is 11.5 Å². The predicted octanol–water partition coefficient (Wildman–Crippen LogP) is 3.06. The van der Waals surface area contributed by atoms with E-state index in [-0.39, 0.29) is 0 Å². The van der Waals surface area contributed by atoms with Crippen LogP contribution in [0.1, 0.15) is 13.8 Å². The molecular formula is C15H20N4O2. The van der Waals surface area contributed by atoms with Crippen molar-refractivity contribution in [2.45, 2.75) is 13.8 Å². The van der Waals surface area contributed by atoms with Gasteiger partial charge in [-0.15, -0.1) is 0 Å². The summed E-state index contributed by atoms with van der Waals surface area (Å²) in [5, 5.41) is 6.19. The average Bonchev–Trinajstić information content (AvgIpc) is 2.50. The number of benzene rings is 1. The van der Waals surface area contributed by atoms with Gasteiger partial charge in [-0.2, -0.15) is 0 Å². The van der Waals surface area contributed by atoms with E-state index >= 15 is 0 Å². The number of nitrogens with one attached hydrogen (secondary N) is 2. The summed E-state index contributed by atoms with van der Waals surface area (Å²) in [6, 6.07) is 7.54. The molecule has 2 rings (SSSR count). The van der Waals surface area contributed by atoms with Crippen LogP contribution < -0.4 is 20.1 Å². The fraction of sp³-hybridized carbons (Fsp3) is 0.333. The maximum absolute atomic E-state index is 5.60. The van der Waals surface area contributed by atoms with E-state index in [1.165, 1.54) is 6.33 Å². The van der Waals surface area contributed by atoms with Crippen molar-refractivity contribution in [3.8, 4) is 11.5 Å². The van der Waals surface area contributed by atoms with Crippen LogP contribution in [0.4, 0.5) is 17.3 Å². The molecule has 0 aliphatic rings. The van der Waals surface area contributed by atoms with Gasteiger partial charge in [0.05, 0.1) is 13.2 Å². The standard InChI is InChI=1S/C15H20N4O2/c1-4-20-12-7-6-11(8-13(12)21-5-2)19-15-9-14(16-3)17-10-18-15/h6-10H,4-5H2,1-3H3,(H2,16,17,18,19). The Hall–Kier alpha value is -2.50. The zero-order chi connectivity index (χ0) is 15.1. The van der Waals surface area contributed by atoms with Gasteiger partial charge in [-0.1, -0.05) is 0 Å². The van der Waals surface area contributed by atoms with Gasteiger partial charge < -0.3 is 20.1 Å². The number of aromatic nitrogens is 2. The third kappa shape index (κ3) is 3.98. The monoisotopic (exact) mass is 288 g/mol. The summed E-state index contributed by atoms with van der Waals surface area (Å²) in [4.78, 5) is 8.26. The molecule has 2 aromatic rings. The second kappa shape index (κ2) is 7.33. The Bertz CT molecular complexity index is 590. The zero-order valence-corrected chi connectivity index (χ0v) is 12.5. The average molecular weight is 288 g/mol. The first-order valence-corrected chi connectivity index (χ1v) is 6.93. The number of nitrogens with zero attached hydrogens (tertiary/aromatic N) is 2. The number of hydrogen-bond donors (Lipinski definition) is 2. The van der Waals surface area contributed by atoms with Gasteiger partial charge in [0.25, 0.3) is 0 Å². The first-order chi connectivity index (χ1) is 10.3. The minimum atomic E-state index is 0.584. The summed E-state index contributed by atoms with van der Waals surface area (Å²) >= 11 is 0. The topological polar surface area (TPSA) is 68.3 Å². The van der Waals surface area contributed by atoms with Gasteiger partial charge in [0, 0.05) is 24.9 Å². The van der Waals surface area contributed by atoms with Crippen molar-refractivity contribution in [2.24, 2.45) is 0 Å². The Kier molecular flexibility index (Phi) is 5.20. The first-order valence-electron chi connectivity index (χ1n) is 6.93. The van der Waals surface area contributed by atoms with Gasteiger partial charge in [-0.05, 0) is 26.0 Å². The molecular weight excluding hydrogens is 268 g/mol. The number of hydrogen-bond acceptors (Lipinski definition) is 6. The molecule has 0 atom stereocenters. The van der Waals surface area contributed by atoms with E-state index in [2.05, 4.69) is 20.6 Å². The maximum Gasteiger partial charge on any atom is 0.163 e. The van der Waals surface area contributed by atoms with E-state index in [1.807, 2.05) is 45.2 Å². The van der Waals surface area contributed by atoms with Crippen LogP contribution in [0.2, 0.25) is 0 Å². The largest absolute Gasteiger partial charge is 0.490 e. The van der Waals surface area contributed by atoms with E-state index in [9.17, 15) is 0 Å². The third-order valence-corrected chi connectivity index (χ3v) is 2.74. The molecule has 0 bridgehead atoms. The smallest absolute Gasteiger partial charge is 0.163 e. The molecule has 2 N–H and O–H groups in total. The van der Waals surface area contributed by atoms with Crippen molar-refractivity contribution in [3.63, 3.8) is 0 Å². The fourth-order valence-electron chi connectivity index (χ4n) is 1.84. The molecule has 112 valence electrons. The van der Waals surface area contributed by atoms with E-state index < -0.39 is 0 Å². The summed E-state index contributed by atoms with van der Waals surface area (Å²) in [6.45, 7) is 5.08. The van der Waals surface area contributed by atoms with E-state index in [0.29, 0.717) is 24.8 Å². The molecule has 6 nitrogen and oxygen atoms in total. The lowest BCUT2D eigenvalue weighted by Gasteiger charge is -2.13. The Morgan fingerprint density at radius 3 is 2.38 bits per heavy atom. The van der Waals surface area contributed by atoms with Crippen LogP contribution in [-0.4, -0.2) is 30.2 Å². The Morgan fingerprint density at radius 1 is 0.952 bits per heavy atom. The van der Waals surface area contributed by atoms with Crippen LogP contribution in [0, 0.1) is 0 Å². The molecule has 0 radical (unpaired) electrons. The molecule has 1 aromatic heterocycles. The summed E-state index contributed by atoms with van der Waals surface area (Å²) < 4.78 is 11.1. The highest BCUT2D eigenvalue weighted by atomic mass is 16.5. The molecule has 1 aromatic carbocycles. The Balaban J connectivity index is 2.21. The van der Waals surface area contributed by atoms with E-state index in [1.54, 1.807) is 0 Å². The highest BCUT2D eigenvalue weighted by Crippen LogP contribution is 2.31. The van der Waals surface area contributed by atoms with Crippen LogP contribution in [0.5, 0.6) is 11.5 Å². The second-order valence-electron chi connectivity index (χ2n) is 4.19. The lowest BCUT2D eigenvalue weighted by atomic mass is 10.2. The van der Waals surface area contributed by atoms with Crippen molar-refractivity contribution in [1.29, 1.82) is 0 Å². The van der Waals surface area contributed by atoms with Crippen molar-refractivity contribution < 1.29 is 9.47 Å². The van der Waals surface area contributed by atoms with Crippen molar-refractivity contribution >= 4 is 17.3 Å². The molecule has 0 aliphatic heterocycles. The van der Waals surface area contributed by atoms with Crippen LogP contribution in [-0.2, 0) is 0 Å². The predicted molar refractivity (Wildman–Crippen MR) is 83.6 cm³/mol. The quantitative estimate of drug-likeness (QED) is 0.816. The SMILES string of the molecule is CCOc1ccc(Nc2cc(NC)ncn2)cc1OCC. The maximum atomic E-state index is 5.60. The minimum Gasteiger partial charge on any atom is -0.490 e. The molecule has 0 aliphatic carbocycles. The van der Waals surface area contributed by atoms with Crippen LogP contribution in [0.15, 0.2) is 30.6 Å². The summed E-state index contributed by atoms with van der Waals surface area (Å²) in [5.41, 5.74) is 0.877. The van der Waals surface area contributed by atoms with Crippen molar-refractivity contribution in [3.05, 3.63) is 30.6 Å². The molecule has 21 heavy (non-hydrogen) atoms. The van der Waals surface area contributed by atoms with Crippen LogP contribution >= 0.6 is 0 Å². The van der Waals surface area contributed by atoms with Gasteiger partial charge in [-0.3, -0.25) is 0 Å². The molecule has 0 saturated heterocycles. The first kappa shape index (κ1) is 14.9. The molecule has 6 heteroatoms. The number of anilines is 3. The number of ether oxygens (including phenoxy) is 2. The van der Waals surface area contributed by atoms with Crippen molar-refractivity contribution in [2.75, 3.05) is 30.9 Å². The Morgan fingerprint density at radius 2 is 1.67 bits per heavy atom. The normalized spacial score (nSPS) is 10.0. The molecule has 0 saturated carbocycles. The second-order valence-corrected chi connectivity index (χ2v) is 4.19. The minimum absolute atomic E-state index is 0.584. The summed E-state index contributed by atoms with van der Waals surface area (Å²) in [5.74, 6) is 2.92. The van der Waals surface area contributed by atoms with Gasteiger partial charge in [0.2, 0.25) is 0 Å². The summed E-state index contributed by atoms with van der Waals surface area (Å²) in [6.07, 6.45) is 1.51. The molecule has 0 fully saturated rings. The molecule has 1 heterocycles. The van der Waals surface area contributed by atoms with E-state index in [4.69, 9.17) is 9.47 Å². The highest BCUT2D eigenvalue weighted by molar-refractivity contribution is 5.62. The van der Waals surface area contributed by atoms with Crippen molar-refractivity contribution in [1.82, 2.24) is 9.97 Å². The van der Waals surface area contributed by atoms with Crippen LogP contribution in [0.3, 0.4) is 0 Å². The van der Waals surface area contributed by atoms with Gasteiger partial charge in [-0.25, -0.2) is 9.97 Å². The molecule has 0 unspecified atom stereocenters. The summed E-state index contributed by atoms with van der Waals surface area (Å²) in [7, 11) is 1.82. The lowest BCUT2D eigenvalue weighted by Crippen LogP contribution is -2.01. The van der Waals surface area contributed by atoms with Crippen LogP contribution in [0.25, 0.3) is 0 Å². The Labute approximate surface area is 124 Å². The van der Waals surface area contributed by atoms with Gasteiger partial charge in [0.1, 0.15) is 18.0 Å².